The lowest BCUT2D eigenvalue weighted by Crippen LogP contribution is -2.46. The van der Waals surface area contributed by atoms with Crippen molar-refractivity contribution in [1.82, 2.24) is 19.9 Å². The Bertz CT molecular complexity index is 928. The highest BCUT2D eigenvalue weighted by Gasteiger charge is 2.28. The summed E-state index contributed by atoms with van der Waals surface area (Å²) in [5, 5.41) is 3.99. The van der Waals surface area contributed by atoms with Gasteiger partial charge in [0.15, 0.2) is 5.65 Å². The van der Waals surface area contributed by atoms with Crippen LogP contribution in [-0.4, -0.2) is 39.6 Å². The van der Waals surface area contributed by atoms with Gasteiger partial charge in [-0.25, -0.2) is 4.98 Å². The zero-order valence-electron chi connectivity index (χ0n) is 16.4. The Morgan fingerprint density at radius 2 is 1.93 bits per heavy atom. The van der Waals surface area contributed by atoms with Gasteiger partial charge < -0.3 is 11.1 Å². The van der Waals surface area contributed by atoms with E-state index in [2.05, 4.69) is 10.3 Å². The number of fused-ring (bicyclic) bond motifs is 1. The first kappa shape index (κ1) is 18.9. The summed E-state index contributed by atoms with van der Waals surface area (Å²) in [4.78, 5) is 36.1. The van der Waals surface area contributed by atoms with E-state index >= 15 is 0 Å². The molecule has 1 amide bonds. The first-order chi connectivity index (χ1) is 13.6. The van der Waals surface area contributed by atoms with Crippen molar-refractivity contribution >= 4 is 28.6 Å². The van der Waals surface area contributed by atoms with Crippen molar-refractivity contribution in [3.05, 3.63) is 22.6 Å². The van der Waals surface area contributed by atoms with Crippen LogP contribution in [0.15, 0.2) is 17.1 Å². The number of nitrogens with one attached hydrogen (secondary N) is 1. The molecule has 8 heteroatoms. The number of nitrogens with zero attached hydrogens (tertiary/aromatic N) is 4. The molecule has 1 aliphatic carbocycles. The summed E-state index contributed by atoms with van der Waals surface area (Å²) in [6.45, 7) is 3.27. The fourth-order valence-corrected chi connectivity index (χ4v) is 4.57. The summed E-state index contributed by atoms with van der Waals surface area (Å²) in [6.07, 6.45) is 8.70. The van der Waals surface area contributed by atoms with Crippen molar-refractivity contribution in [3.8, 4) is 0 Å². The van der Waals surface area contributed by atoms with Crippen LogP contribution in [0.1, 0.15) is 57.9 Å². The fourth-order valence-electron chi connectivity index (χ4n) is 4.57. The molecule has 4 rings (SSSR count). The van der Waals surface area contributed by atoms with Gasteiger partial charge in [0.25, 0.3) is 5.56 Å². The minimum absolute atomic E-state index is 0.0621. The minimum atomic E-state index is -0.127. The SMILES string of the molecule is CC(=O)N(c1ncc2c(N)cc(=O)n(C3CCCCC3)c2n1)C1CCNCC1. The van der Waals surface area contributed by atoms with E-state index in [9.17, 15) is 9.59 Å². The Kier molecular flexibility index (Phi) is 5.30. The number of pyridine rings is 1. The quantitative estimate of drug-likeness (QED) is 0.838. The summed E-state index contributed by atoms with van der Waals surface area (Å²) in [7, 11) is 0. The summed E-state index contributed by atoms with van der Waals surface area (Å²) in [5.41, 5.74) is 6.90. The molecule has 1 aliphatic heterocycles. The second-order valence-corrected chi connectivity index (χ2v) is 7.88. The number of nitrogen functional groups attached to an aromatic ring is 1. The van der Waals surface area contributed by atoms with Crippen LogP contribution in [0.4, 0.5) is 11.6 Å². The predicted octanol–water partition coefficient (Wildman–Crippen LogP) is 1.98. The molecule has 0 bridgehead atoms. The normalized spacial score (nSPS) is 19.0. The van der Waals surface area contributed by atoms with E-state index in [1.165, 1.54) is 12.5 Å². The van der Waals surface area contributed by atoms with Gasteiger partial charge in [0.1, 0.15) is 0 Å². The molecule has 0 radical (unpaired) electrons. The van der Waals surface area contributed by atoms with Gasteiger partial charge in [-0.1, -0.05) is 19.3 Å². The van der Waals surface area contributed by atoms with Crippen LogP contribution >= 0.6 is 0 Å². The molecular weight excluding hydrogens is 356 g/mol. The maximum absolute atomic E-state index is 12.8. The number of carbonyl (C=O) groups excluding carboxylic acids is 1. The molecule has 2 aliphatic rings. The van der Waals surface area contributed by atoms with Crippen LogP contribution in [0.25, 0.3) is 11.0 Å². The van der Waals surface area contributed by atoms with E-state index in [1.807, 2.05) is 0 Å². The number of piperidine rings is 1. The highest BCUT2D eigenvalue weighted by Crippen LogP contribution is 2.31. The average Bonchev–Trinajstić information content (AvgIpc) is 2.69. The first-order valence-corrected chi connectivity index (χ1v) is 10.2. The Morgan fingerprint density at radius 1 is 1.21 bits per heavy atom. The van der Waals surface area contributed by atoms with E-state index in [4.69, 9.17) is 10.7 Å². The van der Waals surface area contributed by atoms with Gasteiger partial charge in [-0.15, -0.1) is 0 Å². The van der Waals surface area contributed by atoms with Crippen molar-refractivity contribution in [3.63, 3.8) is 0 Å². The van der Waals surface area contributed by atoms with Crippen LogP contribution in [0.3, 0.4) is 0 Å². The lowest BCUT2D eigenvalue weighted by molar-refractivity contribution is -0.117. The molecule has 1 saturated heterocycles. The number of nitrogens with two attached hydrogens (primary N) is 1. The van der Waals surface area contributed by atoms with Crippen LogP contribution in [0.2, 0.25) is 0 Å². The second kappa shape index (κ2) is 7.87. The molecule has 2 aromatic heterocycles. The number of rotatable bonds is 3. The van der Waals surface area contributed by atoms with E-state index in [0.717, 1.165) is 51.6 Å². The highest BCUT2D eigenvalue weighted by atomic mass is 16.2. The summed E-state index contributed by atoms with van der Waals surface area (Å²) in [6, 6.07) is 1.65. The monoisotopic (exact) mass is 384 g/mol. The molecule has 0 spiro atoms. The van der Waals surface area contributed by atoms with Crippen LogP contribution in [-0.2, 0) is 4.79 Å². The molecule has 0 unspecified atom stereocenters. The third kappa shape index (κ3) is 3.48. The van der Waals surface area contributed by atoms with Crippen molar-refractivity contribution < 1.29 is 4.79 Å². The molecule has 150 valence electrons. The van der Waals surface area contributed by atoms with Crippen molar-refractivity contribution in [2.24, 2.45) is 0 Å². The van der Waals surface area contributed by atoms with E-state index in [-0.39, 0.29) is 23.6 Å². The van der Waals surface area contributed by atoms with Gasteiger partial charge in [0.05, 0.1) is 5.39 Å². The first-order valence-electron chi connectivity index (χ1n) is 10.2. The van der Waals surface area contributed by atoms with Crippen molar-refractivity contribution in [1.29, 1.82) is 0 Å². The van der Waals surface area contributed by atoms with Gasteiger partial charge in [-0.2, -0.15) is 4.98 Å². The van der Waals surface area contributed by atoms with Crippen LogP contribution in [0, 0.1) is 0 Å². The summed E-state index contributed by atoms with van der Waals surface area (Å²) >= 11 is 0. The molecule has 3 heterocycles. The number of hydrogen-bond acceptors (Lipinski definition) is 6. The van der Waals surface area contributed by atoms with Gasteiger partial charge in [0, 0.05) is 37.0 Å². The minimum Gasteiger partial charge on any atom is -0.398 e. The molecule has 28 heavy (non-hydrogen) atoms. The van der Waals surface area contributed by atoms with Crippen molar-refractivity contribution in [2.75, 3.05) is 23.7 Å². The third-order valence-electron chi connectivity index (χ3n) is 5.98. The number of carbonyl (C=O) groups is 1. The van der Waals surface area contributed by atoms with Gasteiger partial charge in [0.2, 0.25) is 11.9 Å². The molecule has 2 aromatic rings. The number of hydrogen-bond donors (Lipinski definition) is 2. The van der Waals surface area contributed by atoms with Gasteiger partial charge >= 0.3 is 0 Å². The number of amides is 1. The third-order valence-corrected chi connectivity index (χ3v) is 5.98. The van der Waals surface area contributed by atoms with E-state index < -0.39 is 0 Å². The highest BCUT2D eigenvalue weighted by molar-refractivity contribution is 5.92. The number of aromatic nitrogens is 3. The zero-order chi connectivity index (χ0) is 19.7. The van der Waals surface area contributed by atoms with Crippen molar-refractivity contribution in [2.45, 2.75) is 64.0 Å². The Morgan fingerprint density at radius 3 is 2.61 bits per heavy atom. The topological polar surface area (TPSA) is 106 Å². The lowest BCUT2D eigenvalue weighted by Gasteiger charge is -2.32. The lowest BCUT2D eigenvalue weighted by atomic mass is 9.95. The smallest absolute Gasteiger partial charge is 0.254 e. The molecule has 0 atom stereocenters. The fraction of sp³-hybridized carbons (Fsp3) is 0.600. The maximum atomic E-state index is 12.8. The van der Waals surface area contributed by atoms with E-state index in [1.54, 1.807) is 22.6 Å². The molecule has 0 aromatic carbocycles. The van der Waals surface area contributed by atoms with E-state index in [0.29, 0.717) is 22.7 Å². The number of anilines is 2. The Labute approximate surface area is 164 Å². The molecule has 3 N–H and O–H groups in total. The maximum Gasteiger partial charge on any atom is 0.254 e. The molecule has 8 nitrogen and oxygen atoms in total. The van der Waals surface area contributed by atoms with Crippen LogP contribution < -0.4 is 21.5 Å². The summed E-state index contributed by atoms with van der Waals surface area (Å²) < 4.78 is 1.77. The molecular formula is C20H28N6O2. The standard InChI is InChI=1S/C20H28N6O2/c1-13(27)25(15-7-9-22-10-8-15)20-23-12-16-17(21)11-18(28)26(19(16)24-20)14-5-3-2-4-6-14/h11-12,14-15,22H,2-10,21H2,1H3. The van der Waals surface area contributed by atoms with Gasteiger partial charge in [-0.3, -0.25) is 19.1 Å². The largest absolute Gasteiger partial charge is 0.398 e. The second-order valence-electron chi connectivity index (χ2n) is 7.88. The van der Waals surface area contributed by atoms with Gasteiger partial charge in [-0.05, 0) is 38.8 Å². The Balaban J connectivity index is 1.84. The molecule has 1 saturated carbocycles. The average molecular weight is 384 g/mol. The predicted molar refractivity (Wildman–Crippen MR) is 109 cm³/mol. The Hall–Kier alpha value is -2.48. The molecule has 2 fully saturated rings. The summed E-state index contributed by atoms with van der Waals surface area (Å²) in [5.74, 6) is 0.281. The van der Waals surface area contributed by atoms with Crippen LogP contribution in [0.5, 0.6) is 0 Å². The zero-order valence-corrected chi connectivity index (χ0v) is 16.4.